The molecule has 4 nitrogen and oxygen atoms in total. The summed E-state index contributed by atoms with van der Waals surface area (Å²) in [6.07, 6.45) is 0. The summed E-state index contributed by atoms with van der Waals surface area (Å²) in [5.41, 5.74) is 0. The van der Waals surface area contributed by atoms with Crippen LogP contribution in [0.3, 0.4) is 0 Å². The van der Waals surface area contributed by atoms with E-state index in [1.807, 2.05) is 0 Å². The predicted octanol–water partition coefficient (Wildman–Crippen LogP) is 4.91. The van der Waals surface area contributed by atoms with E-state index in [0.717, 1.165) is 39.3 Å². The van der Waals surface area contributed by atoms with Crippen molar-refractivity contribution in [2.45, 2.75) is 58.9 Å². The molecule has 1 radical (unpaired) electrons. The molecular weight excluding hydrogens is 403 g/mol. The molecule has 0 rings (SSSR count). The standard InChI is InChI=1S/C15H39N4Si3.S.V/c1-20(2,3)16-10-13-19(14-11-17-21(4,5)6)15-12-18-22(7,8)9;;/h10-15H2,1-9H3;;/q-3;-2;. The second-order valence-electron chi connectivity index (χ2n) is 9.00. The zero-order valence-electron chi connectivity index (χ0n) is 17.4. The molecule has 0 unspecified atom stereocenters. The molecule has 9 heteroatoms. The molecule has 0 N–H and O–H groups in total. The van der Waals surface area contributed by atoms with E-state index < -0.39 is 24.7 Å². The molecule has 0 aromatic rings. The smallest absolute Gasteiger partial charge is 0 e. The van der Waals surface area contributed by atoms with Crippen molar-refractivity contribution in [3.8, 4) is 0 Å². The van der Waals surface area contributed by atoms with E-state index in [0.29, 0.717) is 0 Å². The van der Waals surface area contributed by atoms with Crippen molar-refractivity contribution in [2.75, 3.05) is 39.3 Å². The molecule has 147 valence electrons. The Labute approximate surface area is 174 Å². The van der Waals surface area contributed by atoms with Crippen LogP contribution in [0.15, 0.2) is 0 Å². The Balaban J connectivity index is -0.00000220. The molecule has 0 atom stereocenters. The topological polar surface area (TPSA) is 45.5 Å². The maximum atomic E-state index is 4.86. The number of nitrogens with zero attached hydrogens (tertiary/aromatic N) is 4. The first-order valence-electron chi connectivity index (χ1n) is 8.57. The van der Waals surface area contributed by atoms with Crippen LogP contribution in [0.2, 0.25) is 58.9 Å². The third kappa shape index (κ3) is 23.4. The van der Waals surface area contributed by atoms with E-state index in [2.05, 4.69) is 63.8 Å². The number of rotatable bonds is 12. The van der Waals surface area contributed by atoms with Gasteiger partial charge in [0.1, 0.15) is 0 Å². The third-order valence-corrected chi connectivity index (χ3v) is 6.52. The molecule has 0 aliphatic heterocycles. The second-order valence-corrected chi connectivity index (χ2v) is 23.0. The van der Waals surface area contributed by atoms with Crippen molar-refractivity contribution < 1.29 is 18.6 Å². The first-order chi connectivity index (χ1) is 9.79. The maximum absolute atomic E-state index is 4.86. The minimum absolute atomic E-state index is 0. The van der Waals surface area contributed by atoms with Crippen LogP contribution in [0.25, 0.3) is 14.9 Å². The summed E-state index contributed by atoms with van der Waals surface area (Å²) in [6, 6.07) is 0. The van der Waals surface area contributed by atoms with E-state index in [9.17, 15) is 0 Å². The Morgan fingerprint density at radius 2 is 0.750 bits per heavy atom. The van der Waals surface area contributed by atoms with Gasteiger partial charge in [0, 0.05) is 18.6 Å². The van der Waals surface area contributed by atoms with Gasteiger partial charge in [0.25, 0.3) is 0 Å². The Bertz CT molecular complexity index is 257. The molecule has 0 fully saturated rings. The molecule has 0 aromatic carbocycles. The maximum Gasteiger partial charge on any atom is 0 e. The van der Waals surface area contributed by atoms with Gasteiger partial charge < -0.3 is 33.3 Å². The molecule has 0 aliphatic carbocycles. The summed E-state index contributed by atoms with van der Waals surface area (Å²) < 4.78 is 0. The van der Waals surface area contributed by atoms with Crippen molar-refractivity contribution in [2.24, 2.45) is 0 Å². The molecule has 0 aliphatic rings. The van der Waals surface area contributed by atoms with Gasteiger partial charge in [-0.15, -0.1) is 19.6 Å². The quantitative estimate of drug-likeness (QED) is 0.396. The fraction of sp³-hybridized carbons (Fsp3) is 1.00. The molecule has 0 saturated heterocycles. The van der Waals surface area contributed by atoms with Crippen molar-refractivity contribution in [3.05, 3.63) is 14.9 Å². The SMILES string of the molecule is C[Si](C)(C)[N-]CCN(CC[N-][Si](C)(C)C)CC[N-][Si](C)(C)C.[S-2].[V]. The Morgan fingerprint density at radius 3 is 0.917 bits per heavy atom. The van der Waals surface area contributed by atoms with Crippen LogP contribution in [0.1, 0.15) is 0 Å². The molecular formula is C15H39N4SSi3V-5. The van der Waals surface area contributed by atoms with Gasteiger partial charge in [0.05, 0.1) is 0 Å². The number of hydrogen-bond acceptors (Lipinski definition) is 1. The fourth-order valence-corrected chi connectivity index (χ4v) is 4.23. The van der Waals surface area contributed by atoms with Crippen molar-refractivity contribution in [1.29, 1.82) is 0 Å². The molecule has 0 spiro atoms. The zero-order chi connectivity index (χ0) is 17.4. The summed E-state index contributed by atoms with van der Waals surface area (Å²) in [5, 5.41) is 0. The van der Waals surface area contributed by atoms with Crippen LogP contribution in [0.5, 0.6) is 0 Å². The first kappa shape index (κ1) is 30.2. The van der Waals surface area contributed by atoms with E-state index in [1.54, 1.807) is 0 Å². The minimum Gasteiger partial charge on any atom is -2.00 e. The van der Waals surface area contributed by atoms with Gasteiger partial charge in [-0.3, -0.25) is 0 Å². The Morgan fingerprint density at radius 1 is 0.542 bits per heavy atom. The van der Waals surface area contributed by atoms with Gasteiger partial charge in [0.2, 0.25) is 0 Å². The number of hydrogen-bond donors (Lipinski definition) is 0. The molecule has 0 bridgehead atoms. The third-order valence-electron chi connectivity index (χ3n) is 3.01. The van der Waals surface area contributed by atoms with Crippen LogP contribution in [-0.4, -0.2) is 68.9 Å². The van der Waals surface area contributed by atoms with Gasteiger partial charge in [-0.25, -0.2) is 0 Å². The normalized spacial score (nSPS) is 12.8. The van der Waals surface area contributed by atoms with E-state index in [4.69, 9.17) is 14.9 Å². The van der Waals surface area contributed by atoms with Crippen LogP contribution in [0, 0.1) is 0 Å². The Kier molecular flexibility index (Phi) is 17.1. The fourth-order valence-electron chi connectivity index (χ4n) is 1.92. The van der Waals surface area contributed by atoms with Crippen LogP contribution < -0.4 is 0 Å². The average Bonchev–Trinajstić information content (AvgIpc) is 2.23. The second kappa shape index (κ2) is 13.6. The van der Waals surface area contributed by atoms with E-state index in [-0.39, 0.29) is 32.1 Å². The van der Waals surface area contributed by atoms with Crippen molar-refractivity contribution in [1.82, 2.24) is 4.90 Å². The average molecular weight is 443 g/mol. The molecule has 24 heavy (non-hydrogen) atoms. The van der Waals surface area contributed by atoms with Gasteiger partial charge in [0.15, 0.2) is 0 Å². The van der Waals surface area contributed by atoms with E-state index >= 15 is 0 Å². The minimum atomic E-state index is -1.28. The summed E-state index contributed by atoms with van der Waals surface area (Å²) in [6.45, 7) is 26.8. The van der Waals surface area contributed by atoms with E-state index in [1.165, 1.54) is 0 Å². The predicted molar refractivity (Wildman–Crippen MR) is 119 cm³/mol. The molecule has 0 heterocycles. The molecule has 0 aromatic heterocycles. The van der Waals surface area contributed by atoms with Crippen LogP contribution in [0.4, 0.5) is 0 Å². The van der Waals surface area contributed by atoms with Gasteiger partial charge in [-0.05, 0) is 19.6 Å². The van der Waals surface area contributed by atoms with Gasteiger partial charge in [-0.1, -0.05) is 83.6 Å². The monoisotopic (exact) mass is 442 g/mol. The molecule has 0 saturated carbocycles. The van der Waals surface area contributed by atoms with Crippen molar-refractivity contribution in [3.63, 3.8) is 0 Å². The molecule has 0 amide bonds. The summed E-state index contributed by atoms with van der Waals surface area (Å²) in [5.74, 6) is 0. The zero-order valence-corrected chi connectivity index (χ0v) is 22.6. The van der Waals surface area contributed by atoms with Gasteiger partial charge in [-0.2, -0.15) is 0 Å². The van der Waals surface area contributed by atoms with Crippen LogP contribution in [-0.2, 0) is 32.1 Å². The summed E-state index contributed by atoms with van der Waals surface area (Å²) in [4.78, 5) is 17.1. The Hall–Kier alpha value is 1.43. The summed E-state index contributed by atoms with van der Waals surface area (Å²) >= 11 is 0. The van der Waals surface area contributed by atoms with Crippen molar-refractivity contribution >= 4 is 38.2 Å². The van der Waals surface area contributed by atoms with Gasteiger partial charge >= 0.3 is 0 Å². The summed E-state index contributed by atoms with van der Waals surface area (Å²) in [7, 11) is -3.84. The first-order valence-corrected chi connectivity index (χ1v) is 18.9. The largest absolute Gasteiger partial charge is 2.00 e. The van der Waals surface area contributed by atoms with Crippen LogP contribution >= 0.6 is 0 Å².